The lowest BCUT2D eigenvalue weighted by molar-refractivity contribution is -0.100. The first-order valence-corrected chi connectivity index (χ1v) is 5.24. The predicted octanol–water partition coefficient (Wildman–Crippen LogP) is 2.32. The highest BCUT2D eigenvalue weighted by molar-refractivity contribution is 5.87. The molecule has 0 aliphatic rings. The summed E-state index contributed by atoms with van der Waals surface area (Å²) in [6, 6.07) is 4.24. The Bertz CT molecular complexity index is 583. The SMILES string of the molecule is C#Cc1c(C(O)OCC)[nH]c2ccc(F)cc12. The van der Waals surface area contributed by atoms with Crippen molar-refractivity contribution in [3.8, 4) is 12.3 Å². The Kier molecular flexibility index (Phi) is 3.14. The molecule has 1 aromatic carbocycles. The molecule has 2 N–H and O–H groups in total. The number of aromatic nitrogens is 1. The molecule has 0 amide bonds. The average Bonchev–Trinajstić information content (AvgIpc) is 2.67. The van der Waals surface area contributed by atoms with Crippen LogP contribution in [0.5, 0.6) is 0 Å². The van der Waals surface area contributed by atoms with E-state index in [1.807, 2.05) is 0 Å². The summed E-state index contributed by atoms with van der Waals surface area (Å²) >= 11 is 0. The van der Waals surface area contributed by atoms with Crippen LogP contribution >= 0.6 is 0 Å². The molecule has 0 bridgehead atoms. The van der Waals surface area contributed by atoms with E-state index >= 15 is 0 Å². The maximum Gasteiger partial charge on any atom is 0.197 e. The van der Waals surface area contributed by atoms with E-state index in [4.69, 9.17) is 11.2 Å². The zero-order valence-corrected chi connectivity index (χ0v) is 9.33. The zero-order valence-electron chi connectivity index (χ0n) is 9.33. The van der Waals surface area contributed by atoms with Gasteiger partial charge in [-0.25, -0.2) is 4.39 Å². The Morgan fingerprint density at radius 1 is 1.59 bits per heavy atom. The predicted molar refractivity (Wildman–Crippen MR) is 62.8 cm³/mol. The fourth-order valence-electron chi connectivity index (χ4n) is 1.77. The van der Waals surface area contributed by atoms with Crippen LogP contribution in [0.1, 0.15) is 24.5 Å². The number of ether oxygens (including phenoxy) is 1. The van der Waals surface area contributed by atoms with Crippen molar-refractivity contribution in [2.24, 2.45) is 0 Å². The third kappa shape index (κ3) is 2.03. The molecule has 0 saturated heterocycles. The van der Waals surface area contributed by atoms with Gasteiger partial charge in [0.15, 0.2) is 6.29 Å². The lowest BCUT2D eigenvalue weighted by Crippen LogP contribution is -2.04. The fraction of sp³-hybridized carbons (Fsp3) is 0.231. The van der Waals surface area contributed by atoms with Gasteiger partial charge in [-0.3, -0.25) is 0 Å². The maximum absolute atomic E-state index is 13.1. The van der Waals surface area contributed by atoms with Gasteiger partial charge in [-0.2, -0.15) is 0 Å². The smallest absolute Gasteiger partial charge is 0.197 e. The normalized spacial score (nSPS) is 12.6. The number of benzene rings is 1. The van der Waals surface area contributed by atoms with Crippen molar-refractivity contribution in [3.63, 3.8) is 0 Å². The second kappa shape index (κ2) is 4.58. The molecule has 4 heteroatoms. The van der Waals surface area contributed by atoms with Gasteiger partial charge in [-0.05, 0) is 25.1 Å². The summed E-state index contributed by atoms with van der Waals surface area (Å²) < 4.78 is 18.2. The van der Waals surface area contributed by atoms with Gasteiger partial charge in [-0.15, -0.1) is 6.42 Å². The van der Waals surface area contributed by atoms with E-state index in [2.05, 4.69) is 10.9 Å². The Balaban J connectivity index is 2.61. The summed E-state index contributed by atoms with van der Waals surface area (Å²) in [5, 5.41) is 10.3. The van der Waals surface area contributed by atoms with Gasteiger partial charge < -0.3 is 14.8 Å². The molecule has 1 aromatic heterocycles. The van der Waals surface area contributed by atoms with Gasteiger partial charge >= 0.3 is 0 Å². The van der Waals surface area contributed by atoms with E-state index in [0.29, 0.717) is 28.8 Å². The molecule has 1 heterocycles. The molecular formula is C13H12FNO2. The highest BCUT2D eigenvalue weighted by Gasteiger charge is 2.17. The van der Waals surface area contributed by atoms with Gasteiger partial charge in [0.1, 0.15) is 5.82 Å². The van der Waals surface area contributed by atoms with Crippen LogP contribution in [0.3, 0.4) is 0 Å². The summed E-state index contributed by atoms with van der Waals surface area (Å²) in [6.07, 6.45) is 4.26. The first-order valence-electron chi connectivity index (χ1n) is 5.24. The number of hydrogen-bond acceptors (Lipinski definition) is 2. The number of rotatable bonds is 3. The molecule has 0 spiro atoms. The van der Waals surface area contributed by atoms with Crippen LogP contribution in [-0.2, 0) is 4.74 Å². The monoisotopic (exact) mass is 233 g/mol. The van der Waals surface area contributed by atoms with Crippen LogP contribution in [0.25, 0.3) is 10.9 Å². The Morgan fingerprint density at radius 3 is 3.00 bits per heavy atom. The number of aromatic amines is 1. The molecule has 0 aliphatic carbocycles. The van der Waals surface area contributed by atoms with E-state index in [1.165, 1.54) is 12.1 Å². The average molecular weight is 233 g/mol. The number of halogens is 1. The molecule has 88 valence electrons. The second-order valence-electron chi connectivity index (χ2n) is 3.56. The molecule has 3 nitrogen and oxygen atoms in total. The summed E-state index contributed by atoms with van der Waals surface area (Å²) in [6.45, 7) is 2.12. The highest BCUT2D eigenvalue weighted by Crippen LogP contribution is 2.27. The van der Waals surface area contributed by atoms with Crippen LogP contribution < -0.4 is 0 Å². The molecular weight excluding hydrogens is 221 g/mol. The lowest BCUT2D eigenvalue weighted by Gasteiger charge is -2.08. The zero-order chi connectivity index (χ0) is 12.4. The van der Waals surface area contributed by atoms with Crippen LogP contribution in [0, 0.1) is 18.2 Å². The number of fused-ring (bicyclic) bond motifs is 1. The van der Waals surface area contributed by atoms with Gasteiger partial charge in [0.2, 0.25) is 0 Å². The van der Waals surface area contributed by atoms with Gasteiger partial charge in [0.05, 0.1) is 11.3 Å². The van der Waals surface area contributed by atoms with Crippen molar-refractivity contribution in [1.82, 2.24) is 4.98 Å². The van der Waals surface area contributed by atoms with Crippen LogP contribution in [-0.4, -0.2) is 16.7 Å². The van der Waals surface area contributed by atoms with Crippen LogP contribution in [0.2, 0.25) is 0 Å². The van der Waals surface area contributed by atoms with E-state index in [1.54, 1.807) is 13.0 Å². The summed E-state index contributed by atoms with van der Waals surface area (Å²) in [4.78, 5) is 2.94. The number of H-pyrrole nitrogens is 1. The molecule has 0 fully saturated rings. The van der Waals surface area contributed by atoms with E-state index in [-0.39, 0.29) is 5.82 Å². The maximum atomic E-state index is 13.1. The van der Waals surface area contributed by atoms with Gasteiger partial charge in [0.25, 0.3) is 0 Å². The molecule has 0 saturated carbocycles. The van der Waals surface area contributed by atoms with E-state index in [9.17, 15) is 9.50 Å². The van der Waals surface area contributed by atoms with E-state index < -0.39 is 6.29 Å². The Labute approximate surface area is 98.2 Å². The number of hydrogen-bond donors (Lipinski definition) is 2. The van der Waals surface area contributed by atoms with Crippen molar-refractivity contribution in [1.29, 1.82) is 0 Å². The van der Waals surface area contributed by atoms with Crippen LogP contribution in [0.15, 0.2) is 18.2 Å². The number of terminal acetylenes is 1. The minimum Gasteiger partial charge on any atom is -0.363 e. The van der Waals surface area contributed by atoms with Gasteiger partial charge in [-0.1, -0.05) is 5.92 Å². The largest absolute Gasteiger partial charge is 0.363 e. The quantitative estimate of drug-likeness (QED) is 0.631. The Hall–Kier alpha value is -1.83. The molecule has 0 aliphatic heterocycles. The van der Waals surface area contributed by atoms with Gasteiger partial charge in [0, 0.05) is 17.5 Å². The molecule has 0 radical (unpaired) electrons. The first kappa shape index (κ1) is 11.6. The third-order valence-electron chi connectivity index (χ3n) is 2.51. The second-order valence-corrected chi connectivity index (χ2v) is 3.56. The summed E-state index contributed by atoms with van der Waals surface area (Å²) in [5.74, 6) is 2.08. The molecule has 1 atom stereocenters. The fourth-order valence-corrected chi connectivity index (χ4v) is 1.77. The summed E-state index contributed by atoms with van der Waals surface area (Å²) in [5.41, 5.74) is 1.49. The summed E-state index contributed by atoms with van der Waals surface area (Å²) in [7, 11) is 0. The number of aliphatic hydroxyl groups is 1. The first-order chi connectivity index (χ1) is 8.17. The third-order valence-corrected chi connectivity index (χ3v) is 2.51. The molecule has 17 heavy (non-hydrogen) atoms. The molecule has 2 aromatic rings. The Morgan fingerprint density at radius 2 is 2.35 bits per heavy atom. The van der Waals surface area contributed by atoms with Crippen molar-refractivity contribution < 1.29 is 14.2 Å². The van der Waals surface area contributed by atoms with Crippen molar-refractivity contribution in [2.45, 2.75) is 13.2 Å². The number of aliphatic hydroxyl groups excluding tert-OH is 1. The number of nitrogens with one attached hydrogen (secondary N) is 1. The lowest BCUT2D eigenvalue weighted by atomic mass is 10.1. The van der Waals surface area contributed by atoms with Crippen LogP contribution in [0.4, 0.5) is 4.39 Å². The van der Waals surface area contributed by atoms with Crippen molar-refractivity contribution >= 4 is 10.9 Å². The van der Waals surface area contributed by atoms with E-state index in [0.717, 1.165) is 0 Å². The van der Waals surface area contributed by atoms with Crippen molar-refractivity contribution in [2.75, 3.05) is 6.61 Å². The molecule has 1 unspecified atom stereocenters. The minimum absolute atomic E-state index is 0.356. The topological polar surface area (TPSA) is 45.2 Å². The minimum atomic E-state index is -1.12. The van der Waals surface area contributed by atoms with Crippen molar-refractivity contribution in [3.05, 3.63) is 35.3 Å². The highest BCUT2D eigenvalue weighted by atomic mass is 19.1. The molecule has 2 rings (SSSR count). The standard InChI is InChI=1S/C13H12FNO2/c1-3-9-10-7-8(14)5-6-11(10)15-12(9)13(16)17-4-2/h1,5-7,13,15-16H,4H2,2H3.